The second-order valence-electron chi connectivity index (χ2n) is 13.6. The number of piperidine rings is 3. The molecular formula is C36H45Br2N5O7. The molecule has 2 atom stereocenters. The van der Waals surface area contributed by atoms with E-state index in [4.69, 9.17) is 9.47 Å². The van der Waals surface area contributed by atoms with E-state index in [0.29, 0.717) is 72.9 Å². The summed E-state index contributed by atoms with van der Waals surface area (Å²) in [6, 6.07) is 11.0. The fourth-order valence-corrected chi connectivity index (χ4v) is 9.11. The van der Waals surface area contributed by atoms with Gasteiger partial charge in [-0.15, -0.1) is 0 Å². The molecule has 0 spiro atoms. The van der Waals surface area contributed by atoms with Crippen LogP contribution in [0.15, 0.2) is 45.3 Å². The fourth-order valence-electron chi connectivity index (χ4n) is 7.83. The van der Waals surface area contributed by atoms with Crippen LogP contribution >= 0.6 is 31.9 Å². The molecule has 2 N–H and O–H groups in total. The summed E-state index contributed by atoms with van der Waals surface area (Å²) in [7, 11) is 1.43. The van der Waals surface area contributed by atoms with Crippen molar-refractivity contribution < 1.29 is 33.8 Å². The number of anilines is 1. The minimum absolute atomic E-state index is 0.0162. The highest BCUT2D eigenvalue weighted by molar-refractivity contribution is 9.11. The molecule has 0 aromatic heterocycles. The summed E-state index contributed by atoms with van der Waals surface area (Å²) in [6.07, 6.45) is 4.66. The molecule has 270 valence electrons. The van der Waals surface area contributed by atoms with Crippen molar-refractivity contribution in [1.29, 1.82) is 0 Å². The zero-order valence-electron chi connectivity index (χ0n) is 28.3. The second-order valence-corrected chi connectivity index (χ2v) is 15.3. The molecule has 4 aliphatic rings. The van der Waals surface area contributed by atoms with E-state index < -0.39 is 12.2 Å². The Morgan fingerprint density at radius 1 is 0.900 bits per heavy atom. The first-order chi connectivity index (χ1) is 24.1. The van der Waals surface area contributed by atoms with Crippen LogP contribution in [0, 0.1) is 0 Å². The van der Waals surface area contributed by atoms with Gasteiger partial charge in [-0.3, -0.25) is 14.5 Å². The number of para-hydroxylation sites is 1. The summed E-state index contributed by atoms with van der Waals surface area (Å²) >= 11 is 6.75. The number of hydrogen-bond acceptors (Lipinski definition) is 8. The summed E-state index contributed by atoms with van der Waals surface area (Å²) in [5.74, 6) is -0.426. The van der Waals surface area contributed by atoms with E-state index in [9.17, 15) is 24.3 Å². The van der Waals surface area contributed by atoms with Gasteiger partial charge in [0.05, 0.1) is 16.1 Å². The molecule has 0 aliphatic carbocycles. The number of phenols is 1. The Bertz CT molecular complexity index is 1550. The molecule has 3 fully saturated rings. The number of carbonyl (C=O) groups excluding carboxylic acids is 4. The van der Waals surface area contributed by atoms with Gasteiger partial charge in [0.25, 0.3) is 5.91 Å². The van der Waals surface area contributed by atoms with Crippen molar-refractivity contribution in [3.8, 4) is 5.75 Å². The van der Waals surface area contributed by atoms with E-state index in [1.54, 1.807) is 21.9 Å². The molecular weight excluding hydrogens is 774 g/mol. The lowest BCUT2D eigenvalue weighted by Crippen LogP contribution is -2.55. The van der Waals surface area contributed by atoms with Crippen molar-refractivity contribution in [2.75, 3.05) is 51.7 Å². The van der Waals surface area contributed by atoms with E-state index >= 15 is 0 Å². The summed E-state index contributed by atoms with van der Waals surface area (Å²) < 4.78 is 12.0. The second kappa shape index (κ2) is 16.3. The van der Waals surface area contributed by atoms with Crippen LogP contribution in [-0.4, -0.2) is 119 Å². The smallest absolute Gasteiger partial charge is 0.410 e. The zero-order chi connectivity index (χ0) is 35.4. The van der Waals surface area contributed by atoms with Gasteiger partial charge in [0.1, 0.15) is 11.8 Å². The van der Waals surface area contributed by atoms with Crippen LogP contribution in [0.3, 0.4) is 0 Å². The normalized spacial score (nSPS) is 21.5. The third-order valence-corrected chi connectivity index (χ3v) is 11.8. The molecule has 12 nitrogen and oxygen atoms in total. The molecule has 4 amide bonds. The number of aromatic hydroxyl groups is 1. The van der Waals surface area contributed by atoms with Crippen molar-refractivity contribution in [1.82, 2.24) is 19.6 Å². The number of amides is 4. The number of esters is 1. The fraction of sp³-hybridized carbons (Fsp3) is 0.556. The van der Waals surface area contributed by atoms with Crippen molar-refractivity contribution in [2.24, 2.45) is 0 Å². The largest absolute Gasteiger partial charge is 0.506 e. The molecule has 2 aromatic rings. The van der Waals surface area contributed by atoms with Crippen molar-refractivity contribution in [3.63, 3.8) is 0 Å². The highest BCUT2D eigenvalue weighted by Gasteiger charge is 2.39. The minimum Gasteiger partial charge on any atom is -0.506 e. The molecule has 4 aliphatic heterocycles. The summed E-state index contributed by atoms with van der Waals surface area (Å²) in [5.41, 5.74) is 2.66. The highest BCUT2D eigenvalue weighted by Crippen LogP contribution is 2.34. The minimum atomic E-state index is -1.08. The Balaban J connectivity index is 1.09. The number of hydrogen-bond donors (Lipinski definition) is 2. The number of methoxy groups -OCH3 is 1. The lowest BCUT2D eigenvalue weighted by molar-refractivity contribution is -0.151. The van der Waals surface area contributed by atoms with Gasteiger partial charge >= 0.3 is 18.1 Å². The number of likely N-dealkylation sites (tertiary alicyclic amines) is 3. The van der Waals surface area contributed by atoms with E-state index in [1.807, 2.05) is 29.2 Å². The lowest BCUT2D eigenvalue weighted by atomic mass is 9.94. The number of fused-ring (bicyclic) bond motifs is 1. The van der Waals surface area contributed by atoms with Crippen LogP contribution in [0.25, 0.3) is 0 Å². The molecule has 3 saturated heterocycles. The number of rotatable bonds is 7. The average Bonchev–Trinajstić information content (AvgIpc) is 3.31. The first-order valence-corrected chi connectivity index (χ1v) is 19.1. The lowest BCUT2D eigenvalue weighted by Gasteiger charge is -2.43. The van der Waals surface area contributed by atoms with Crippen molar-refractivity contribution >= 4 is 61.5 Å². The maximum Gasteiger partial charge on any atom is 0.410 e. The van der Waals surface area contributed by atoms with Gasteiger partial charge in [0, 0.05) is 56.9 Å². The predicted molar refractivity (Wildman–Crippen MR) is 194 cm³/mol. The molecule has 50 heavy (non-hydrogen) atoms. The number of ether oxygens (including phenoxy) is 2. The quantitative estimate of drug-likeness (QED) is 0.349. The maximum atomic E-state index is 14.1. The molecule has 0 bridgehead atoms. The first kappa shape index (κ1) is 36.4. The molecule has 4 heterocycles. The van der Waals surface area contributed by atoms with Gasteiger partial charge < -0.3 is 34.6 Å². The van der Waals surface area contributed by atoms with Crippen LogP contribution in [0.4, 0.5) is 15.3 Å². The Kier molecular flexibility index (Phi) is 11.9. The Labute approximate surface area is 309 Å². The molecule has 6 rings (SSSR count). The van der Waals surface area contributed by atoms with Crippen molar-refractivity contribution in [3.05, 3.63) is 56.5 Å². The number of nitrogens with one attached hydrogen (secondary N) is 1. The number of phenolic OH excluding ortho intramolecular Hbond substituents is 1. The molecule has 0 radical (unpaired) electrons. The monoisotopic (exact) mass is 817 g/mol. The van der Waals surface area contributed by atoms with Crippen LogP contribution in [0.5, 0.6) is 5.75 Å². The number of halogens is 2. The van der Waals surface area contributed by atoms with E-state index in [1.165, 1.54) is 7.11 Å². The zero-order valence-corrected chi connectivity index (χ0v) is 31.5. The van der Waals surface area contributed by atoms with Crippen LogP contribution in [-0.2, 0) is 31.9 Å². The Hall–Kier alpha value is -3.36. The van der Waals surface area contributed by atoms with Gasteiger partial charge in [0.15, 0.2) is 6.10 Å². The summed E-state index contributed by atoms with van der Waals surface area (Å²) in [6.45, 7) is 3.20. The molecule has 0 unspecified atom stereocenters. The third-order valence-electron chi connectivity index (χ3n) is 10.6. The molecule has 14 heteroatoms. The number of carbonyl (C=O) groups is 4. The maximum absolute atomic E-state index is 14.1. The summed E-state index contributed by atoms with van der Waals surface area (Å²) in [4.78, 5) is 60.8. The van der Waals surface area contributed by atoms with E-state index in [0.717, 1.165) is 43.5 Å². The average molecular weight is 820 g/mol. The van der Waals surface area contributed by atoms with E-state index in [-0.39, 0.29) is 48.2 Å². The Morgan fingerprint density at radius 3 is 2.26 bits per heavy atom. The van der Waals surface area contributed by atoms with Gasteiger partial charge in [-0.05, 0) is 113 Å². The highest BCUT2D eigenvalue weighted by atomic mass is 79.9. The third kappa shape index (κ3) is 8.23. The van der Waals surface area contributed by atoms with Crippen LogP contribution in [0.1, 0.15) is 56.1 Å². The van der Waals surface area contributed by atoms with Crippen LogP contribution < -0.4 is 5.32 Å². The SMILES string of the molecule is COC(=O)[C@@H]1CCCCN1C1CCN(C(=O)[C@@H](Cc2cc(Br)c(O)c(Br)c2)OC(=O)N2CCC(N3CCc4ccccc4NC3=O)CC2)CC1. The first-order valence-electron chi connectivity index (χ1n) is 17.5. The van der Waals surface area contributed by atoms with Gasteiger partial charge in [-0.1, -0.05) is 24.6 Å². The number of nitrogens with zero attached hydrogens (tertiary/aromatic N) is 4. The van der Waals surface area contributed by atoms with Crippen molar-refractivity contribution in [2.45, 2.75) is 82.0 Å². The standard InChI is InChI=1S/C36H45Br2N5O7/c1-49-34(46)30-8-4-5-14-42(30)25-10-15-40(16-11-25)33(45)31(22-23-20-27(37)32(44)28(38)21-23)50-36(48)41-17-12-26(13-18-41)43-19-9-24-6-2-3-7-29(24)39-35(43)47/h2-3,6-7,20-21,25-26,30-31,44H,4-5,8-19,22H2,1H3,(H,39,47)/t30-,31+/m0/s1. The van der Waals surface area contributed by atoms with E-state index in [2.05, 4.69) is 42.1 Å². The molecule has 0 saturated carbocycles. The van der Waals surface area contributed by atoms with Gasteiger partial charge in [-0.2, -0.15) is 0 Å². The topological polar surface area (TPSA) is 132 Å². The molecule has 2 aromatic carbocycles. The number of benzene rings is 2. The van der Waals surface area contributed by atoms with Gasteiger partial charge in [0.2, 0.25) is 0 Å². The van der Waals surface area contributed by atoms with Crippen LogP contribution in [0.2, 0.25) is 0 Å². The summed E-state index contributed by atoms with van der Waals surface area (Å²) in [5, 5.41) is 13.3. The predicted octanol–water partition coefficient (Wildman–Crippen LogP) is 5.54. The Morgan fingerprint density at radius 2 is 1.56 bits per heavy atom. The van der Waals surface area contributed by atoms with Gasteiger partial charge in [-0.25, -0.2) is 9.59 Å². The number of urea groups is 1.